The fraction of sp³-hybridized carbons (Fsp3) is 0.400. The summed E-state index contributed by atoms with van der Waals surface area (Å²) >= 11 is 0. The summed E-state index contributed by atoms with van der Waals surface area (Å²) in [6, 6.07) is 0. The maximum absolute atomic E-state index is 12.0. The van der Waals surface area contributed by atoms with Gasteiger partial charge in [0.1, 0.15) is 0 Å². The average Bonchev–Trinajstić information content (AvgIpc) is 2.68. The number of amides is 1. The van der Waals surface area contributed by atoms with E-state index in [1.807, 2.05) is 0 Å². The van der Waals surface area contributed by atoms with Gasteiger partial charge >= 0.3 is 0 Å². The summed E-state index contributed by atoms with van der Waals surface area (Å²) < 4.78 is 1.71. The van der Waals surface area contributed by atoms with E-state index in [0.717, 1.165) is 0 Å². The van der Waals surface area contributed by atoms with Gasteiger partial charge < -0.3 is 14.6 Å². The predicted molar refractivity (Wildman–Crippen MR) is 58.9 cm³/mol. The Morgan fingerprint density at radius 1 is 1.56 bits per heavy atom. The molecule has 86 valence electrons. The number of anilines is 1. The third-order valence-electron chi connectivity index (χ3n) is 2.69. The number of carbonyl (C=O) groups excluding carboxylic acids is 1. The topological polar surface area (TPSA) is 61.6 Å². The quantitative estimate of drug-likeness (QED) is 0.708. The van der Waals surface area contributed by atoms with Crippen molar-refractivity contribution in [1.29, 1.82) is 0 Å². The SMILES string of the molecule is C=CCn1cnc2c1C(=O)N(C)C(O)N2C. The van der Waals surface area contributed by atoms with Crippen molar-refractivity contribution in [3.8, 4) is 0 Å². The van der Waals surface area contributed by atoms with E-state index >= 15 is 0 Å². The molecule has 1 N–H and O–H groups in total. The lowest BCUT2D eigenvalue weighted by Crippen LogP contribution is -2.52. The normalized spacial score (nSPS) is 19.9. The van der Waals surface area contributed by atoms with Gasteiger partial charge in [-0.1, -0.05) is 6.08 Å². The fourth-order valence-electron chi connectivity index (χ4n) is 1.77. The van der Waals surface area contributed by atoms with E-state index in [-0.39, 0.29) is 5.91 Å². The first-order valence-corrected chi connectivity index (χ1v) is 4.92. The second-order valence-corrected chi connectivity index (χ2v) is 3.73. The van der Waals surface area contributed by atoms with E-state index in [1.165, 1.54) is 4.90 Å². The Kier molecular flexibility index (Phi) is 2.43. The molecule has 0 saturated heterocycles. The molecule has 0 saturated carbocycles. The number of aromatic nitrogens is 2. The molecule has 1 aliphatic heterocycles. The van der Waals surface area contributed by atoms with Crippen LogP contribution in [0.3, 0.4) is 0 Å². The number of carbonyl (C=O) groups is 1. The van der Waals surface area contributed by atoms with E-state index in [2.05, 4.69) is 11.6 Å². The van der Waals surface area contributed by atoms with Gasteiger partial charge in [0.25, 0.3) is 5.91 Å². The molecule has 1 amide bonds. The van der Waals surface area contributed by atoms with Crippen LogP contribution in [-0.4, -0.2) is 45.9 Å². The summed E-state index contributed by atoms with van der Waals surface area (Å²) in [5.74, 6) is 0.261. The Morgan fingerprint density at radius 2 is 2.25 bits per heavy atom. The van der Waals surface area contributed by atoms with Crippen LogP contribution in [0.5, 0.6) is 0 Å². The molecule has 1 atom stereocenters. The van der Waals surface area contributed by atoms with Gasteiger partial charge in [-0.15, -0.1) is 6.58 Å². The molecule has 1 aliphatic rings. The van der Waals surface area contributed by atoms with Gasteiger partial charge in [0.2, 0.25) is 6.35 Å². The van der Waals surface area contributed by atoms with Gasteiger partial charge in [-0.25, -0.2) is 4.98 Å². The molecule has 2 heterocycles. The average molecular weight is 222 g/mol. The predicted octanol–water partition coefficient (Wildman–Crippen LogP) is -0.133. The monoisotopic (exact) mass is 222 g/mol. The van der Waals surface area contributed by atoms with Crippen molar-refractivity contribution in [1.82, 2.24) is 14.5 Å². The first-order valence-electron chi connectivity index (χ1n) is 4.92. The lowest BCUT2D eigenvalue weighted by atomic mass is 10.3. The number of hydrogen-bond acceptors (Lipinski definition) is 4. The van der Waals surface area contributed by atoms with Crippen LogP contribution in [0.25, 0.3) is 0 Å². The van der Waals surface area contributed by atoms with Crippen molar-refractivity contribution in [2.75, 3.05) is 19.0 Å². The van der Waals surface area contributed by atoms with E-state index < -0.39 is 6.35 Å². The zero-order valence-corrected chi connectivity index (χ0v) is 9.29. The lowest BCUT2D eigenvalue weighted by Gasteiger charge is -2.36. The van der Waals surface area contributed by atoms with Crippen LogP contribution >= 0.6 is 0 Å². The van der Waals surface area contributed by atoms with Crippen LogP contribution < -0.4 is 4.90 Å². The van der Waals surface area contributed by atoms with E-state index in [1.54, 1.807) is 36.0 Å². The molecule has 0 fully saturated rings. The maximum atomic E-state index is 12.0. The van der Waals surface area contributed by atoms with E-state index in [4.69, 9.17) is 0 Å². The minimum atomic E-state index is -0.966. The third-order valence-corrected chi connectivity index (χ3v) is 2.69. The number of nitrogens with zero attached hydrogens (tertiary/aromatic N) is 4. The van der Waals surface area contributed by atoms with E-state index in [9.17, 15) is 9.90 Å². The highest BCUT2D eigenvalue weighted by atomic mass is 16.3. The highest BCUT2D eigenvalue weighted by Gasteiger charge is 2.35. The van der Waals surface area contributed by atoms with Crippen molar-refractivity contribution in [2.24, 2.45) is 0 Å². The number of allylic oxidation sites excluding steroid dienone is 1. The van der Waals surface area contributed by atoms with Crippen molar-refractivity contribution >= 4 is 11.7 Å². The van der Waals surface area contributed by atoms with Gasteiger partial charge in [0, 0.05) is 20.6 Å². The summed E-state index contributed by atoms with van der Waals surface area (Å²) in [6.07, 6.45) is 2.31. The summed E-state index contributed by atoms with van der Waals surface area (Å²) in [5.41, 5.74) is 0.482. The van der Waals surface area contributed by atoms with Crippen LogP contribution in [0, 0.1) is 0 Å². The number of imidazole rings is 1. The largest absolute Gasteiger partial charge is 0.356 e. The minimum Gasteiger partial charge on any atom is -0.356 e. The van der Waals surface area contributed by atoms with E-state index in [0.29, 0.717) is 18.1 Å². The van der Waals surface area contributed by atoms with Gasteiger partial charge in [-0.3, -0.25) is 9.69 Å². The zero-order chi connectivity index (χ0) is 11.9. The molecule has 0 bridgehead atoms. The number of aliphatic hydroxyl groups is 1. The molecular formula is C10H14N4O2. The van der Waals surface area contributed by atoms with Crippen molar-refractivity contribution in [3.05, 3.63) is 24.7 Å². The highest BCUT2D eigenvalue weighted by Crippen LogP contribution is 2.26. The van der Waals surface area contributed by atoms with Crippen molar-refractivity contribution in [3.63, 3.8) is 0 Å². The number of aliphatic hydroxyl groups excluding tert-OH is 1. The van der Waals surface area contributed by atoms with Crippen LogP contribution in [0.4, 0.5) is 5.82 Å². The molecule has 1 aromatic heterocycles. The molecular weight excluding hydrogens is 208 g/mol. The Bertz CT molecular complexity index is 440. The molecule has 16 heavy (non-hydrogen) atoms. The number of fused-ring (bicyclic) bond motifs is 1. The Labute approximate surface area is 93.4 Å². The fourth-order valence-corrected chi connectivity index (χ4v) is 1.77. The molecule has 0 aromatic carbocycles. The number of rotatable bonds is 2. The molecule has 0 aliphatic carbocycles. The molecule has 0 radical (unpaired) electrons. The van der Waals surface area contributed by atoms with Crippen LogP contribution in [0.1, 0.15) is 10.5 Å². The van der Waals surface area contributed by atoms with Gasteiger partial charge in [-0.2, -0.15) is 0 Å². The van der Waals surface area contributed by atoms with Crippen LogP contribution in [-0.2, 0) is 6.54 Å². The second kappa shape index (κ2) is 3.64. The summed E-state index contributed by atoms with van der Waals surface area (Å²) in [6.45, 7) is 4.15. The molecule has 1 aromatic rings. The molecule has 0 spiro atoms. The highest BCUT2D eigenvalue weighted by molar-refractivity contribution is 5.99. The van der Waals surface area contributed by atoms with Crippen LogP contribution in [0.2, 0.25) is 0 Å². The van der Waals surface area contributed by atoms with Gasteiger partial charge in [0.05, 0.1) is 6.33 Å². The van der Waals surface area contributed by atoms with Crippen molar-refractivity contribution in [2.45, 2.75) is 12.9 Å². The maximum Gasteiger partial charge on any atom is 0.277 e. The van der Waals surface area contributed by atoms with Crippen LogP contribution in [0.15, 0.2) is 19.0 Å². The standard InChI is InChI=1S/C10H14N4O2/c1-4-5-14-6-11-8-7(14)9(15)13(3)10(16)12(8)2/h4,6,10,16H,1,5H2,2-3H3. The molecule has 6 heteroatoms. The Hall–Kier alpha value is -1.82. The second-order valence-electron chi connectivity index (χ2n) is 3.73. The smallest absolute Gasteiger partial charge is 0.277 e. The molecule has 2 rings (SSSR count). The Morgan fingerprint density at radius 3 is 2.88 bits per heavy atom. The minimum absolute atomic E-state index is 0.236. The first kappa shape index (κ1) is 10.7. The Balaban J connectivity index is 2.52. The van der Waals surface area contributed by atoms with Crippen molar-refractivity contribution < 1.29 is 9.90 Å². The third kappa shape index (κ3) is 1.30. The first-order chi connectivity index (χ1) is 7.57. The van der Waals surface area contributed by atoms with Gasteiger partial charge in [-0.05, 0) is 0 Å². The number of hydrogen-bond donors (Lipinski definition) is 1. The van der Waals surface area contributed by atoms with Gasteiger partial charge in [0.15, 0.2) is 11.5 Å². The summed E-state index contributed by atoms with van der Waals surface area (Å²) in [4.78, 5) is 18.9. The summed E-state index contributed by atoms with van der Waals surface area (Å²) in [5, 5.41) is 9.76. The zero-order valence-electron chi connectivity index (χ0n) is 9.29. The lowest BCUT2D eigenvalue weighted by molar-refractivity contribution is 0.0152. The molecule has 6 nitrogen and oxygen atoms in total. The molecule has 1 unspecified atom stereocenters. The summed E-state index contributed by atoms with van der Waals surface area (Å²) in [7, 11) is 3.25.